The van der Waals surface area contributed by atoms with E-state index in [1.165, 1.54) is 18.2 Å². The smallest absolute Gasteiger partial charge is 0.318 e. The molecule has 0 unspecified atom stereocenters. The molecule has 0 spiro atoms. The van der Waals surface area contributed by atoms with Crippen molar-refractivity contribution >= 4 is 22.7 Å². The number of nitro groups is 3. The predicted octanol–water partition coefficient (Wildman–Crippen LogP) is 2.09. The summed E-state index contributed by atoms with van der Waals surface area (Å²) < 4.78 is 0. The molecule has 0 atom stereocenters. The minimum atomic E-state index is -0.919. The first-order chi connectivity index (χ1) is 11.2. The maximum Gasteiger partial charge on any atom is 0.318 e. The number of nitrogen functional groups attached to an aromatic ring is 1. The van der Waals surface area contributed by atoms with Gasteiger partial charge in [0.1, 0.15) is 0 Å². The third-order valence-corrected chi connectivity index (χ3v) is 2.63. The Balaban J connectivity index is 0.000000243. The molecular formula is C12H10N4O8. The molecule has 4 N–H and O–H groups in total. The standard InChI is InChI=1S/C6H4N2O5.C6H6N2O3/c9-6-4(7(10)11)2-1-3-5(6)8(12)13;7-4-2-1-3-5(6(4)9)8(10)11/h1-3,9H;1-3,9H,7H2. The minimum Gasteiger partial charge on any atom is -0.501 e. The van der Waals surface area contributed by atoms with E-state index in [1.54, 1.807) is 0 Å². The van der Waals surface area contributed by atoms with Crippen LogP contribution in [0.15, 0.2) is 36.4 Å². The fourth-order valence-corrected chi connectivity index (χ4v) is 1.51. The predicted molar refractivity (Wildman–Crippen MR) is 80.6 cm³/mol. The Morgan fingerprint density at radius 3 is 1.38 bits per heavy atom. The second kappa shape index (κ2) is 7.35. The molecule has 24 heavy (non-hydrogen) atoms. The fraction of sp³-hybridized carbons (Fsp3) is 0. The summed E-state index contributed by atoms with van der Waals surface area (Å²) in [6, 6.07) is 7.10. The van der Waals surface area contributed by atoms with Gasteiger partial charge in [-0.3, -0.25) is 30.3 Å². The molecule has 0 fully saturated rings. The molecule has 12 heteroatoms. The third kappa shape index (κ3) is 4.03. The highest BCUT2D eigenvalue weighted by Gasteiger charge is 2.23. The van der Waals surface area contributed by atoms with Crippen molar-refractivity contribution in [2.24, 2.45) is 0 Å². The number of para-hydroxylation sites is 2. The Kier molecular flexibility index (Phi) is 5.54. The average molecular weight is 338 g/mol. The van der Waals surface area contributed by atoms with E-state index in [1.807, 2.05) is 0 Å². The molecule has 0 heterocycles. The van der Waals surface area contributed by atoms with Crippen molar-refractivity contribution in [1.82, 2.24) is 0 Å². The quantitative estimate of drug-likeness (QED) is 0.324. The van der Waals surface area contributed by atoms with Gasteiger partial charge >= 0.3 is 17.1 Å². The molecule has 2 aromatic rings. The highest BCUT2D eigenvalue weighted by molar-refractivity contribution is 5.62. The molecule has 0 amide bonds. The Labute approximate surface area is 132 Å². The van der Waals surface area contributed by atoms with E-state index in [2.05, 4.69) is 0 Å². The molecule has 0 aliphatic heterocycles. The SMILES string of the molecule is Nc1cccc([N+](=O)[O-])c1O.O=[N+]([O-])c1cccc([N+](=O)[O-])c1O. The van der Waals surface area contributed by atoms with Crippen LogP contribution >= 0.6 is 0 Å². The maximum absolute atomic E-state index is 10.2. The number of phenols is 2. The number of nitrogens with two attached hydrogens (primary N) is 1. The molecular weight excluding hydrogens is 328 g/mol. The summed E-state index contributed by atoms with van der Waals surface area (Å²) in [5, 5.41) is 48.7. The third-order valence-electron chi connectivity index (χ3n) is 2.63. The first-order valence-electron chi connectivity index (χ1n) is 5.99. The van der Waals surface area contributed by atoms with Crippen LogP contribution in [-0.2, 0) is 0 Å². The Morgan fingerprint density at radius 2 is 1.04 bits per heavy atom. The van der Waals surface area contributed by atoms with E-state index >= 15 is 0 Å². The molecule has 0 saturated heterocycles. The van der Waals surface area contributed by atoms with Crippen molar-refractivity contribution in [3.8, 4) is 11.5 Å². The number of nitrogens with zero attached hydrogens (tertiary/aromatic N) is 3. The lowest BCUT2D eigenvalue weighted by Crippen LogP contribution is -1.93. The highest BCUT2D eigenvalue weighted by Crippen LogP contribution is 2.34. The van der Waals surface area contributed by atoms with Gasteiger partial charge in [-0.05, 0) is 12.1 Å². The lowest BCUT2D eigenvalue weighted by molar-refractivity contribution is -0.396. The molecule has 0 aromatic heterocycles. The summed E-state index contributed by atoms with van der Waals surface area (Å²) >= 11 is 0. The second-order valence-corrected chi connectivity index (χ2v) is 4.13. The summed E-state index contributed by atoms with van der Waals surface area (Å²) in [6.45, 7) is 0. The Morgan fingerprint density at radius 1 is 0.708 bits per heavy atom. The van der Waals surface area contributed by atoms with Crippen molar-refractivity contribution in [2.75, 3.05) is 5.73 Å². The van der Waals surface area contributed by atoms with E-state index in [0.717, 1.165) is 18.2 Å². The van der Waals surface area contributed by atoms with Gasteiger partial charge in [-0.1, -0.05) is 6.07 Å². The van der Waals surface area contributed by atoms with Gasteiger partial charge in [-0.25, -0.2) is 0 Å². The molecule has 126 valence electrons. The Bertz CT molecular complexity index is 775. The van der Waals surface area contributed by atoms with Gasteiger partial charge in [0.25, 0.3) is 5.75 Å². The zero-order chi connectivity index (χ0) is 18.4. The topological polar surface area (TPSA) is 196 Å². The number of hydrogen-bond acceptors (Lipinski definition) is 9. The number of aromatic hydroxyl groups is 2. The fourth-order valence-electron chi connectivity index (χ4n) is 1.51. The van der Waals surface area contributed by atoms with Gasteiger partial charge in [0.05, 0.1) is 20.5 Å². The average Bonchev–Trinajstić information content (AvgIpc) is 2.50. The zero-order valence-electron chi connectivity index (χ0n) is 11.7. The van der Waals surface area contributed by atoms with Gasteiger partial charge in [-0.2, -0.15) is 0 Å². The summed E-state index contributed by atoms with van der Waals surface area (Å²) in [7, 11) is 0. The van der Waals surface area contributed by atoms with Crippen LogP contribution in [0.1, 0.15) is 0 Å². The van der Waals surface area contributed by atoms with E-state index in [9.17, 15) is 30.3 Å². The number of anilines is 1. The number of hydrogen-bond donors (Lipinski definition) is 3. The molecule has 0 aliphatic carbocycles. The van der Waals surface area contributed by atoms with Crippen molar-refractivity contribution in [3.63, 3.8) is 0 Å². The van der Waals surface area contributed by atoms with Gasteiger partial charge in [0, 0.05) is 18.2 Å². The van der Waals surface area contributed by atoms with Gasteiger partial charge in [-0.15, -0.1) is 0 Å². The van der Waals surface area contributed by atoms with E-state index in [4.69, 9.17) is 15.9 Å². The van der Waals surface area contributed by atoms with Crippen molar-refractivity contribution in [2.45, 2.75) is 0 Å². The van der Waals surface area contributed by atoms with E-state index < -0.39 is 37.6 Å². The summed E-state index contributed by atoms with van der Waals surface area (Å²) in [6.07, 6.45) is 0. The largest absolute Gasteiger partial charge is 0.501 e. The Hall–Kier alpha value is -3.96. The van der Waals surface area contributed by atoms with Gasteiger partial charge in [0.2, 0.25) is 5.75 Å². The maximum atomic E-state index is 10.2. The number of rotatable bonds is 3. The van der Waals surface area contributed by atoms with Crippen LogP contribution in [0.3, 0.4) is 0 Å². The second-order valence-electron chi connectivity index (χ2n) is 4.13. The van der Waals surface area contributed by atoms with E-state index in [-0.39, 0.29) is 11.4 Å². The van der Waals surface area contributed by atoms with Crippen LogP contribution in [0.5, 0.6) is 11.5 Å². The normalized spacial score (nSPS) is 9.50. The number of nitro benzene ring substituents is 3. The summed E-state index contributed by atoms with van der Waals surface area (Å²) in [5.41, 5.74) is 3.50. The first kappa shape index (κ1) is 18.1. The van der Waals surface area contributed by atoms with Crippen molar-refractivity contribution in [1.29, 1.82) is 0 Å². The first-order valence-corrected chi connectivity index (χ1v) is 5.99. The number of phenolic OH excluding ortho intramolecular Hbond substituents is 2. The molecule has 12 nitrogen and oxygen atoms in total. The number of benzene rings is 2. The van der Waals surface area contributed by atoms with Crippen LogP contribution in [-0.4, -0.2) is 25.0 Å². The van der Waals surface area contributed by atoms with Crippen molar-refractivity contribution in [3.05, 3.63) is 66.7 Å². The molecule has 0 radical (unpaired) electrons. The van der Waals surface area contributed by atoms with Gasteiger partial charge in [0.15, 0.2) is 0 Å². The lowest BCUT2D eigenvalue weighted by atomic mass is 10.2. The van der Waals surface area contributed by atoms with Crippen LogP contribution in [0.2, 0.25) is 0 Å². The minimum absolute atomic E-state index is 0.0131. The van der Waals surface area contributed by atoms with Crippen molar-refractivity contribution < 1.29 is 25.0 Å². The van der Waals surface area contributed by atoms with Gasteiger partial charge < -0.3 is 15.9 Å². The van der Waals surface area contributed by atoms with Crippen LogP contribution in [0.25, 0.3) is 0 Å². The molecule has 0 bridgehead atoms. The molecule has 0 saturated carbocycles. The molecule has 2 rings (SSSR count). The lowest BCUT2D eigenvalue weighted by Gasteiger charge is -1.97. The zero-order valence-corrected chi connectivity index (χ0v) is 11.7. The monoisotopic (exact) mass is 338 g/mol. The molecule has 2 aromatic carbocycles. The summed E-state index contributed by atoms with van der Waals surface area (Å²) in [4.78, 5) is 28.1. The summed E-state index contributed by atoms with van der Waals surface area (Å²) in [5.74, 6) is -1.39. The van der Waals surface area contributed by atoms with Crippen LogP contribution in [0.4, 0.5) is 22.7 Å². The van der Waals surface area contributed by atoms with E-state index in [0.29, 0.717) is 0 Å². The van der Waals surface area contributed by atoms with Crippen LogP contribution in [0, 0.1) is 30.3 Å². The highest BCUT2D eigenvalue weighted by atomic mass is 16.6. The van der Waals surface area contributed by atoms with Crippen LogP contribution < -0.4 is 5.73 Å². The molecule has 0 aliphatic rings.